The molecule has 2 heterocycles. The summed E-state index contributed by atoms with van der Waals surface area (Å²) in [4.78, 5) is 15.1. The predicted octanol–water partition coefficient (Wildman–Crippen LogP) is 0.616. The molecule has 1 aromatic heterocycles. The first-order chi connectivity index (χ1) is 5.77. The Labute approximate surface area is 70.2 Å². The number of Topliss-reactive ketones (excluding diaryl/α,β-unsaturated/α-hetero) is 1. The molecule has 0 aliphatic carbocycles. The Morgan fingerprint density at radius 2 is 2.58 bits per heavy atom. The highest BCUT2D eigenvalue weighted by Crippen LogP contribution is 2.09. The average Bonchev–Trinajstić information content (AvgIpc) is 2.46. The molecule has 64 valence electrons. The minimum atomic E-state index is 0.0110. The molecule has 0 saturated carbocycles. The Morgan fingerprint density at radius 1 is 1.75 bits per heavy atom. The van der Waals surface area contributed by atoms with E-state index in [0.717, 1.165) is 12.4 Å². The number of carbonyl (C=O) groups excluding carboxylic acids is 1. The van der Waals surface area contributed by atoms with Gasteiger partial charge in [-0.15, -0.1) is 0 Å². The third kappa shape index (κ3) is 1.14. The van der Waals surface area contributed by atoms with Crippen LogP contribution in [0, 0.1) is 0 Å². The van der Waals surface area contributed by atoms with Crippen molar-refractivity contribution in [1.82, 2.24) is 9.55 Å². The Kier molecular flexibility index (Phi) is 1.69. The summed E-state index contributed by atoms with van der Waals surface area (Å²) in [6.45, 7) is 3.55. The maximum atomic E-state index is 10.9. The van der Waals surface area contributed by atoms with E-state index in [4.69, 9.17) is 4.74 Å². The summed E-state index contributed by atoms with van der Waals surface area (Å²) >= 11 is 0. The first kappa shape index (κ1) is 7.49. The summed E-state index contributed by atoms with van der Waals surface area (Å²) in [5.74, 6) is 0.864. The predicted molar refractivity (Wildman–Crippen MR) is 41.9 cm³/mol. The van der Waals surface area contributed by atoms with E-state index in [2.05, 4.69) is 4.98 Å². The van der Waals surface area contributed by atoms with Crippen molar-refractivity contribution in [2.24, 2.45) is 0 Å². The summed E-state index contributed by atoms with van der Waals surface area (Å²) in [6.07, 6.45) is 1.79. The third-order valence-corrected chi connectivity index (χ3v) is 1.93. The van der Waals surface area contributed by atoms with Gasteiger partial charge in [-0.1, -0.05) is 0 Å². The zero-order chi connectivity index (χ0) is 8.55. The van der Waals surface area contributed by atoms with E-state index in [1.807, 2.05) is 4.57 Å². The molecule has 0 atom stereocenters. The van der Waals surface area contributed by atoms with Crippen LogP contribution >= 0.6 is 0 Å². The van der Waals surface area contributed by atoms with Crippen LogP contribution in [-0.4, -0.2) is 21.9 Å². The summed E-state index contributed by atoms with van der Waals surface area (Å²) in [6, 6.07) is 0. The second-order valence-corrected chi connectivity index (χ2v) is 2.84. The van der Waals surface area contributed by atoms with E-state index in [-0.39, 0.29) is 5.78 Å². The number of aromatic nitrogens is 2. The van der Waals surface area contributed by atoms with E-state index < -0.39 is 0 Å². The standard InChI is InChI=1S/C8H10N2O2/c1-6(11)7-4-10-2-3-12-5-8(10)9-7/h4H,2-3,5H2,1H3. The van der Waals surface area contributed by atoms with Crippen LogP contribution in [0.1, 0.15) is 23.2 Å². The average molecular weight is 166 g/mol. The van der Waals surface area contributed by atoms with Crippen molar-refractivity contribution < 1.29 is 9.53 Å². The fourth-order valence-electron chi connectivity index (χ4n) is 1.26. The van der Waals surface area contributed by atoms with Crippen molar-refractivity contribution in [3.8, 4) is 0 Å². The van der Waals surface area contributed by atoms with Gasteiger partial charge in [-0.2, -0.15) is 0 Å². The van der Waals surface area contributed by atoms with Gasteiger partial charge in [0.1, 0.15) is 18.1 Å². The molecule has 1 aliphatic rings. The molecular weight excluding hydrogens is 156 g/mol. The molecule has 1 aromatic rings. The minimum Gasteiger partial charge on any atom is -0.372 e. The number of carbonyl (C=O) groups is 1. The Morgan fingerprint density at radius 3 is 3.25 bits per heavy atom. The molecule has 12 heavy (non-hydrogen) atoms. The number of nitrogens with zero attached hydrogens (tertiary/aromatic N) is 2. The Hall–Kier alpha value is -1.16. The van der Waals surface area contributed by atoms with Crippen LogP contribution in [0.15, 0.2) is 6.20 Å². The number of hydrogen-bond acceptors (Lipinski definition) is 3. The molecule has 0 aromatic carbocycles. The number of hydrogen-bond donors (Lipinski definition) is 0. The summed E-state index contributed by atoms with van der Waals surface area (Å²) in [5, 5.41) is 0. The van der Waals surface area contributed by atoms with Crippen molar-refractivity contribution in [1.29, 1.82) is 0 Å². The van der Waals surface area contributed by atoms with E-state index in [1.165, 1.54) is 6.92 Å². The van der Waals surface area contributed by atoms with Crippen LogP contribution < -0.4 is 0 Å². The molecule has 0 radical (unpaired) electrons. The van der Waals surface area contributed by atoms with E-state index in [0.29, 0.717) is 18.9 Å². The molecule has 0 spiro atoms. The Balaban J connectivity index is 2.38. The number of imidazole rings is 1. The maximum absolute atomic E-state index is 10.9. The summed E-state index contributed by atoms with van der Waals surface area (Å²) in [7, 11) is 0. The van der Waals surface area contributed by atoms with Crippen molar-refractivity contribution >= 4 is 5.78 Å². The first-order valence-corrected chi connectivity index (χ1v) is 3.92. The van der Waals surface area contributed by atoms with Crippen LogP contribution in [0.5, 0.6) is 0 Å². The van der Waals surface area contributed by atoms with Crippen LogP contribution in [0.25, 0.3) is 0 Å². The summed E-state index contributed by atoms with van der Waals surface area (Å²) in [5.41, 5.74) is 0.538. The zero-order valence-electron chi connectivity index (χ0n) is 6.91. The number of fused-ring (bicyclic) bond motifs is 1. The van der Waals surface area contributed by atoms with Gasteiger partial charge < -0.3 is 9.30 Å². The van der Waals surface area contributed by atoms with Gasteiger partial charge in [0, 0.05) is 19.7 Å². The van der Waals surface area contributed by atoms with Gasteiger partial charge in [0.15, 0.2) is 5.78 Å². The SMILES string of the molecule is CC(=O)c1cn2c(n1)COCC2. The molecule has 0 N–H and O–H groups in total. The molecule has 0 amide bonds. The lowest BCUT2D eigenvalue weighted by atomic mass is 10.3. The number of rotatable bonds is 1. The fourth-order valence-corrected chi connectivity index (χ4v) is 1.26. The van der Waals surface area contributed by atoms with Crippen LogP contribution in [-0.2, 0) is 17.9 Å². The van der Waals surface area contributed by atoms with E-state index in [1.54, 1.807) is 6.20 Å². The first-order valence-electron chi connectivity index (χ1n) is 3.92. The van der Waals surface area contributed by atoms with Crippen molar-refractivity contribution in [2.75, 3.05) is 6.61 Å². The normalized spacial score (nSPS) is 15.8. The second kappa shape index (κ2) is 2.71. The van der Waals surface area contributed by atoms with Crippen molar-refractivity contribution in [3.05, 3.63) is 17.7 Å². The molecular formula is C8H10N2O2. The van der Waals surface area contributed by atoms with Gasteiger partial charge in [0.05, 0.1) is 6.61 Å². The van der Waals surface area contributed by atoms with Gasteiger partial charge in [0.25, 0.3) is 0 Å². The Bertz CT molecular complexity index is 293. The number of ether oxygens (including phenoxy) is 1. The van der Waals surface area contributed by atoms with Crippen molar-refractivity contribution in [2.45, 2.75) is 20.1 Å². The highest BCUT2D eigenvalue weighted by atomic mass is 16.5. The monoisotopic (exact) mass is 166 g/mol. The largest absolute Gasteiger partial charge is 0.372 e. The van der Waals surface area contributed by atoms with Crippen LogP contribution in [0.4, 0.5) is 0 Å². The van der Waals surface area contributed by atoms with Crippen LogP contribution in [0.3, 0.4) is 0 Å². The van der Waals surface area contributed by atoms with E-state index in [9.17, 15) is 4.79 Å². The lowest BCUT2D eigenvalue weighted by Gasteiger charge is -2.13. The molecule has 0 saturated heterocycles. The lowest BCUT2D eigenvalue weighted by molar-refractivity contribution is 0.0816. The topological polar surface area (TPSA) is 44.1 Å². The second-order valence-electron chi connectivity index (χ2n) is 2.84. The third-order valence-electron chi connectivity index (χ3n) is 1.93. The highest BCUT2D eigenvalue weighted by molar-refractivity contribution is 5.91. The molecule has 0 fully saturated rings. The molecule has 0 bridgehead atoms. The molecule has 0 unspecified atom stereocenters. The van der Waals surface area contributed by atoms with Crippen LogP contribution in [0.2, 0.25) is 0 Å². The summed E-state index contributed by atoms with van der Waals surface area (Å²) < 4.78 is 7.17. The smallest absolute Gasteiger partial charge is 0.179 e. The molecule has 2 rings (SSSR count). The quantitative estimate of drug-likeness (QED) is 0.574. The van der Waals surface area contributed by atoms with Gasteiger partial charge in [0.2, 0.25) is 0 Å². The maximum Gasteiger partial charge on any atom is 0.179 e. The van der Waals surface area contributed by atoms with Gasteiger partial charge in [-0.3, -0.25) is 4.79 Å². The highest BCUT2D eigenvalue weighted by Gasteiger charge is 2.13. The zero-order valence-corrected chi connectivity index (χ0v) is 6.91. The van der Waals surface area contributed by atoms with Crippen molar-refractivity contribution in [3.63, 3.8) is 0 Å². The van der Waals surface area contributed by atoms with E-state index >= 15 is 0 Å². The minimum absolute atomic E-state index is 0.0110. The lowest BCUT2D eigenvalue weighted by Crippen LogP contribution is -2.15. The molecule has 1 aliphatic heterocycles. The van der Waals surface area contributed by atoms with Gasteiger partial charge in [-0.25, -0.2) is 4.98 Å². The van der Waals surface area contributed by atoms with Gasteiger partial charge >= 0.3 is 0 Å². The number of ketones is 1. The van der Waals surface area contributed by atoms with Gasteiger partial charge in [-0.05, 0) is 0 Å². The molecule has 4 nitrogen and oxygen atoms in total. The fraction of sp³-hybridized carbons (Fsp3) is 0.500. The molecule has 4 heteroatoms.